The Balaban J connectivity index is 2.72. The third-order valence-corrected chi connectivity index (χ3v) is 2.46. The van der Waals surface area contributed by atoms with Gasteiger partial charge in [0.1, 0.15) is 6.04 Å². The maximum absolute atomic E-state index is 11.2. The molecular weight excluding hydrogens is 168 g/mol. The molecule has 0 aromatic heterocycles. The molecule has 1 atom stereocenters. The van der Waals surface area contributed by atoms with Crippen LogP contribution in [0, 0.1) is 0 Å². The maximum atomic E-state index is 11.2. The molecule has 0 bridgehead atoms. The lowest BCUT2D eigenvalue weighted by Gasteiger charge is -2.38. The first kappa shape index (κ1) is 10.2. The van der Waals surface area contributed by atoms with Crippen LogP contribution in [0.4, 0.5) is 0 Å². The highest BCUT2D eigenvalue weighted by Gasteiger charge is 2.29. The van der Waals surface area contributed by atoms with E-state index >= 15 is 0 Å². The molecule has 1 rings (SSSR count). The van der Waals surface area contributed by atoms with Gasteiger partial charge in [0.15, 0.2) is 5.78 Å². The lowest BCUT2D eigenvalue weighted by Crippen LogP contribution is -2.56. The van der Waals surface area contributed by atoms with Gasteiger partial charge in [0.25, 0.3) is 0 Å². The lowest BCUT2D eigenvalue weighted by molar-refractivity contribution is -0.140. The Labute approximate surface area is 78.5 Å². The molecule has 0 aliphatic carbocycles. The molecule has 1 amide bonds. The molecule has 0 N–H and O–H groups in total. The van der Waals surface area contributed by atoms with Crippen LogP contribution in [0.5, 0.6) is 0 Å². The fourth-order valence-corrected chi connectivity index (χ4v) is 1.64. The molecule has 1 aliphatic heterocycles. The van der Waals surface area contributed by atoms with Crippen molar-refractivity contribution in [2.24, 2.45) is 0 Å². The molecule has 1 fully saturated rings. The number of amides is 1. The Hall–Kier alpha value is -0.900. The van der Waals surface area contributed by atoms with E-state index in [1.165, 1.54) is 6.92 Å². The van der Waals surface area contributed by atoms with E-state index in [9.17, 15) is 9.59 Å². The van der Waals surface area contributed by atoms with Crippen LogP contribution in [0.2, 0.25) is 0 Å². The van der Waals surface area contributed by atoms with E-state index in [1.54, 1.807) is 11.8 Å². The van der Waals surface area contributed by atoms with Crippen LogP contribution in [0.3, 0.4) is 0 Å². The second-order valence-corrected chi connectivity index (χ2v) is 3.60. The molecule has 0 spiro atoms. The Morgan fingerprint density at radius 3 is 2.31 bits per heavy atom. The van der Waals surface area contributed by atoms with Crippen LogP contribution in [0.15, 0.2) is 0 Å². The van der Waals surface area contributed by atoms with E-state index in [4.69, 9.17) is 0 Å². The van der Waals surface area contributed by atoms with E-state index in [-0.39, 0.29) is 17.7 Å². The zero-order valence-electron chi connectivity index (χ0n) is 8.41. The summed E-state index contributed by atoms with van der Waals surface area (Å²) < 4.78 is 0. The number of nitrogens with zero attached hydrogens (tertiary/aromatic N) is 2. The van der Waals surface area contributed by atoms with Gasteiger partial charge in [-0.05, 0) is 14.0 Å². The summed E-state index contributed by atoms with van der Waals surface area (Å²) in [5.41, 5.74) is 0. The number of carbonyl (C=O) groups excluding carboxylic acids is 2. The SMILES string of the molecule is CC(=O)C1CN(C)CCN1C(C)=O. The van der Waals surface area contributed by atoms with Gasteiger partial charge >= 0.3 is 0 Å². The first-order chi connectivity index (χ1) is 6.02. The van der Waals surface area contributed by atoms with Gasteiger partial charge in [-0.25, -0.2) is 0 Å². The minimum Gasteiger partial charge on any atom is -0.330 e. The molecule has 0 saturated carbocycles. The van der Waals surface area contributed by atoms with Crippen LogP contribution in [-0.4, -0.2) is 54.2 Å². The Morgan fingerprint density at radius 1 is 1.23 bits per heavy atom. The Kier molecular flexibility index (Phi) is 3.03. The summed E-state index contributed by atoms with van der Waals surface area (Å²) in [5, 5.41) is 0. The second kappa shape index (κ2) is 3.87. The molecule has 4 nitrogen and oxygen atoms in total. The maximum Gasteiger partial charge on any atom is 0.220 e. The summed E-state index contributed by atoms with van der Waals surface area (Å²) in [6.07, 6.45) is 0. The summed E-state index contributed by atoms with van der Waals surface area (Å²) in [5.74, 6) is 0.0649. The number of rotatable bonds is 1. The Bertz CT molecular complexity index is 228. The van der Waals surface area contributed by atoms with Gasteiger partial charge in [-0.3, -0.25) is 9.59 Å². The van der Waals surface area contributed by atoms with Gasteiger partial charge in [0, 0.05) is 26.6 Å². The van der Waals surface area contributed by atoms with Crippen molar-refractivity contribution < 1.29 is 9.59 Å². The third-order valence-electron chi connectivity index (χ3n) is 2.46. The first-order valence-electron chi connectivity index (χ1n) is 4.48. The topological polar surface area (TPSA) is 40.6 Å². The summed E-state index contributed by atoms with van der Waals surface area (Å²) in [4.78, 5) is 26.1. The highest BCUT2D eigenvalue weighted by atomic mass is 16.2. The van der Waals surface area contributed by atoms with Gasteiger partial charge in [-0.1, -0.05) is 0 Å². The molecular formula is C9H16N2O2. The molecule has 0 aromatic carbocycles. The van der Waals surface area contributed by atoms with E-state index in [0.717, 1.165) is 6.54 Å². The molecule has 0 aromatic rings. The largest absolute Gasteiger partial charge is 0.330 e. The quantitative estimate of drug-likeness (QED) is 0.563. The van der Waals surface area contributed by atoms with Gasteiger partial charge in [0.2, 0.25) is 5.91 Å². The van der Waals surface area contributed by atoms with E-state index in [0.29, 0.717) is 13.1 Å². The minimum atomic E-state index is -0.240. The molecule has 0 radical (unpaired) electrons. The molecule has 1 unspecified atom stereocenters. The minimum absolute atomic E-state index is 0.00620. The van der Waals surface area contributed by atoms with Crippen LogP contribution >= 0.6 is 0 Å². The smallest absolute Gasteiger partial charge is 0.220 e. The molecule has 74 valence electrons. The van der Waals surface area contributed by atoms with Crippen molar-refractivity contribution in [1.29, 1.82) is 0 Å². The average molecular weight is 184 g/mol. The fraction of sp³-hybridized carbons (Fsp3) is 0.778. The number of piperazine rings is 1. The predicted octanol–water partition coefficient (Wildman–Crippen LogP) is -0.262. The molecule has 1 aliphatic rings. The van der Waals surface area contributed by atoms with Crippen molar-refractivity contribution in [3.63, 3.8) is 0 Å². The highest BCUT2D eigenvalue weighted by molar-refractivity contribution is 5.87. The number of carbonyl (C=O) groups is 2. The van der Waals surface area contributed by atoms with Gasteiger partial charge in [-0.15, -0.1) is 0 Å². The molecule has 13 heavy (non-hydrogen) atoms. The number of ketones is 1. The van der Waals surface area contributed by atoms with Crippen LogP contribution in [0.25, 0.3) is 0 Å². The lowest BCUT2D eigenvalue weighted by atomic mass is 10.1. The summed E-state index contributed by atoms with van der Waals surface area (Å²) in [7, 11) is 1.97. The zero-order valence-corrected chi connectivity index (χ0v) is 8.41. The Morgan fingerprint density at radius 2 is 1.85 bits per heavy atom. The summed E-state index contributed by atoms with van der Waals surface area (Å²) in [6, 6.07) is -0.240. The van der Waals surface area contributed by atoms with Crippen molar-refractivity contribution in [3.05, 3.63) is 0 Å². The number of hydrogen-bond donors (Lipinski definition) is 0. The zero-order chi connectivity index (χ0) is 10.0. The number of likely N-dealkylation sites (N-methyl/N-ethyl adjacent to an activating group) is 1. The van der Waals surface area contributed by atoms with Crippen molar-refractivity contribution in [3.8, 4) is 0 Å². The normalized spacial score (nSPS) is 24.5. The average Bonchev–Trinajstić information content (AvgIpc) is 2.03. The highest BCUT2D eigenvalue weighted by Crippen LogP contribution is 2.09. The van der Waals surface area contributed by atoms with Crippen molar-refractivity contribution in [2.75, 3.05) is 26.7 Å². The standard InChI is InChI=1S/C9H16N2O2/c1-7(12)9-6-10(3)4-5-11(9)8(2)13/h9H,4-6H2,1-3H3. The number of hydrogen-bond acceptors (Lipinski definition) is 3. The molecule has 1 saturated heterocycles. The monoisotopic (exact) mass is 184 g/mol. The number of Topliss-reactive ketones (excluding diaryl/α,β-unsaturated/α-hetero) is 1. The molecule has 1 heterocycles. The van der Waals surface area contributed by atoms with Crippen molar-refractivity contribution in [1.82, 2.24) is 9.80 Å². The fourth-order valence-electron chi connectivity index (χ4n) is 1.64. The predicted molar refractivity (Wildman–Crippen MR) is 49.4 cm³/mol. The third kappa shape index (κ3) is 2.28. The van der Waals surface area contributed by atoms with E-state index in [2.05, 4.69) is 4.90 Å². The van der Waals surface area contributed by atoms with Crippen molar-refractivity contribution >= 4 is 11.7 Å². The molecule has 4 heteroatoms. The van der Waals surface area contributed by atoms with Crippen LogP contribution < -0.4 is 0 Å². The second-order valence-electron chi connectivity index (χ2n) is 3.60. The summed E-state index contributed by atoms with van der Waals surface area (Å²) >= 11 is 0. The summed E-state index contributed by atoms with van der Waals surface area (Å²) in [6.45, 7) is 5.23. The first-order valence-corrected chi connectivity index (χ1v) is 4.48. The van der Waals surface area contributed by atoms with E-state index < -0.39 is 0 Å². The van der Waals surface area contributed by atoms with Crippen LogP contribution in [-0.2, 0) is 9.59 Å². The van der Waals surface area contributed by atoms with Gasteiger partial charge < -0.3 is 9.80 Å². The van der Waals surface area contributed by atoms with Crippen LogP contribution in [0.1, 0.15) is 13.8 Å². The van der Waals surface area contributed by atoms with Gasteiger partial charge in [0.05, 0.1) is 0 Å². The van der Waals surface area contributed by atoms with Crippen molar-refractivity contribution in [2.45, 2.75) is 19.9 Å². The van der Waals surface area contributed by atoms with Gasteiger partial charge in [-0.2, -0.15) is 0 Å². The van der Waals surface area contributed by atoms with E-state index in [1.807, 2.05) is 7.05 Å².